The third-order valence-electron chi connectivity index (χ3n) is 2.44. The van der Waals surface area contributed by atoms with Gasteiger partial charge in [-0.05, 0) is 31.4 Å². The fourth-order valence-electron chi connectivity index (χ4n) is 1.75. The van der Waals surface area contributed by atoms with Crippen LogP contribution >= 0.6 is 11.6 Å². The molecule has 2 unspecified atom stereocenters. The minimum atomic E-state index is -0.660. The van der Waals surface area contributed by atoms with Gasteiger partial charge in [0.15, 0.2) is 0 Å². The summed E-state index contributed by atoms with van der Waals surface area (Å²) in [6.07, 6.45) is 3.08. The quantitative estimate of drug-likeness (QED) is 0.819. The van der Waals surface area contributed by atoms with Crippen molar-refractivity contribution in [1.82, 2.24) is 4.98 Å². The molecule has 0 amide bonds. The largest absolute Gasteiger partial charge is 0.367 e. The van der Waals surface area contributed by atoms with E-state index in [-0.39, 0.29) is 6.04 Å². The van der Waals surface area contributed by atoms with Gasteiger partial charge in [0.25, 0.3) is 0 Å². The number of hydrogen-bond donors (Lipinski definition) is 1. The van der Waals surface area contributed by atoms with Gasteiger partial charge in [-0.25, -0.2) is 9.37 Å². The highest BCUT2D eigenvalue weighted by atomic mass is 35.5. The van der Waals surface area contributed by atoms with Crippen molar-refractivity contribution in [2.75, 3.05) is 5.32 Å². The molecular weight excluding hydrogens is 203 g/mol. The first-order chi connectivity index (χ1) is 6.74. The van der Waals surface area contributed by atoms with E-state index in [1.807, 2.05) is 0 Å². The lowest BCUT2D eigenvalue weighted by Gasteiger charge is -2.12. The van der Waals surface area contributed by atoms with E-state index in [0.29, 0.717) is 17.9 Å². The number of halogens is 2. The van der Waals surface area contributed by atoms with Crippen molar-refractivity contribution in [3.8, 4) is 0 Å². The Kier molecular flexibility index (Phi) is 2.87. The van der Waals surface area contributed by atoms with Crippen molar-refractivity contribution < 1.29 is 4.39 Å². The predicted octanol–water partition coefficient (Wildman–Crippen LogP) is 3.04. The van der Waals surface area contributed by atoms with Crippen molar-refractivity contribution in [3.05, 3.63) is 23.4 Å². The zero-order valence-electron chi connectivity index (χ0n) is 7.71. The average Bonchev–Trinajstić information content (AvgIpc) is 2.51. The molecule has 1 heterocycles. The summed E-state index contributed by atoms with van der Waals surface area (Å²) in [6, 6.07) is 3.68. The molecule has 2 nitrogen and oxygen atoms in total. The minimum absolute atomic E-state index is 0.205. The molecule has 1 saturated carbocycles. The van der Waals surface area contributed by atoms with Gasteiger partial charge in [0.05, 0.1) is 0 Å². The molecule has 0 aliphatic heterocycles. The lowest BCUT2D eigenvalue weighted by Crippen LogP contribution is -2.16. The summed E-state index contributed by atoms with van der Waals surface area (Å²) in [6.45, 7) is 0. The van der Waals surface area contributed by atoms with E-state index < -0.39 is 6.17 Å². The molecule has 1 N–H and O–H groups in total. The number of rotatable bonds is 2. The Bertz CT molecular complexity index is 319. The smallest absolute Gasteiger partial charge is 0.127 e. The number of pyridine rings is 1. The van der Waals surface area contributed by atoms with Crippen LogP contribution in [0.2, 0.25) is 5.02 Å². The van der Waals surface area contributed by atoms with E-state index in [9.17, 15) is 4.39 Å². The van der Waals surface area contributed by atoms with Crippen LogP contribution < -0.4 is 5.32 Å². The molecule has 0 aromatic carbocycles. The van der Waals surface area contributed by atoms with Crippen molar-refractivity contribution in [2.24, 2.45) is 0 Å². The van der Waals surface area contributed by atoms with E-state index in [4.69, 9.17) is 11.6 Å². The van der Waals surface area contributed by atoms with Crippen LogP contribution in [0, 0.1) is 0 Å². The van der Waals surface area contributed by atoms with Gasteiger partial charge in [-0.15, -0.1) is 0 Å². The van der Waals surface area contributed by atoms with Gasteiger partial charge in [-0.1, -0.05) is 11.6 Å². The maximum Gasteiger partial charge on any atom is 0.127 e. The number of aromatic nitrogens is 1. The Labute approximate surface area is 87.5 Å². The van der Waals surface area contributed by atoms with Crippen LogP contribution in [0.3, 0.4) is 0 Å². The van der Waals surface area contributed by atoms with E-state index >= 15 is 0 Å². The van der Waals surface area contributed by atoms with Gasteiger partial charge in [0.1, 0.15) is 12.0 Å². The molecule has 0 spiro atoms. The van der Waals surface area contributed by atoms with Gasteiger partial charge in [0.2, 0.25) is 0 Å². The number of anilines is 1. The predicted molar refractivity (Wildman–Crippen MR) is 55.4 cm³/mol. The second-order valence-corrected chi connectivity index (χ2v) is 4.05. The van der Waals surface area contributed by atoms with Crippen LogP contribution in [0.15, 0.2) is 18.3 Å². The average molecular weight is 215 g/mol. The van der Waals surface area contributed by atoms with Crippen molar-refractivity contribution >= 4 is 17.4 Å². The fourth-order valence-corrected chi connectivity index (χ4v) is 1.91. The highest BCUT2D eigenvalue weighted by Crippen LogP contribution is 2.25. The number of nitrogens with one attached hydrogen (secondary N) is 1. The lowest BCUT2D eigenvalue weighted by molar-refractivity contribution is 0.341. The Hall–Kier alpha value is -0.830. The number of hydrogen-bond acceptors (Lipinski definition) is 2. The molecule has 1 aliphatic rings. The molecule has 14 heavy (non-hydrogen) atoms. The summed E-state index contributed by atoms with van der Waals surface area (Å²) < 4.78 is 12.9. The van der Waals surface area contributed by atoms with Gasteiger partial charge in [-0.2, -0.15) is 0 Å². The van der Waals surface area contributed by atoms with Crippen LogP contribution in [0.5, 0.6) is 0 Å². The van der Waals surface area contributed by atoms with E-state index in [1.54, 1.807) is 18.3 Å². The highest BCUT2D eigenvalue weighted by Gasteiger charge is 2.24. The standard InChI is InChI=1S/C10H12ClFN2/c11-7-3-4-13-10(5-7)14-9-2-1-8(12)6-9/h3-5,8-9H,1-2,6H2,(H,13,14). The molecule has 0 bridgehead atoms. The first-order valence-electron chi connectivity index (χ1n) is 4.76. The van der Waals surface area contributed by atoms with E-state index in [1.165, 1.54) is 0 Å². The van der Waals surface area contributed by atoms with E-state index in [2.05, 4.69) is 10.3 Å². The minimum Gasteiger partial charge on any atom is -0.367 e. The Morgan fingerprint density at radius 2 is 2.36 bits per heavy atom. The molecule has 2 atom stereocenters. The lowest BCUT2D eigenvalue weighted by atomic mass is 10.2. The maximum absolute atomic E-state index is 12.9. The molecule has 1 aromatic heterocycles. The second-order valence-electron chi connectivity index (χ2n) is 3.61. The molecule has 0 saturated heterocycles. The zero-order valence-corrected chi connectivity index (χ0v) is 8.47. The molecule has 4 heteroatoms. The van der Waals surface area contributed by atoms with Gasteiger partial charge < -0.3 is 5.32 Å². The fraction of sp³-hybridized carbons (Fsp3) is 0.500. The summed E-state index contributed by atoms with van der Waals surface area (Å²) in [5, 5.41) is 3.83. The maximum atomic E-state index is 12.9. The molecule has 1 aromatic rings. The molecular formula is C10H12ClFN2. The highest BCUT2D eigenvalue weighted by molar-refractivity contribution is 6.30. The summed E-state index contributed by atoms with van der Waals surface area (Å²) in [7, 11) is 0. The summed E-state index contributed by atoms with van der Waals surface area (Å²) in [4.78, 5) is 4.11. The summed E-state index contributed by atoms with van der Waals surface area (Å²) >= 11 is 5.80. The normalized spacial score (nSPS) is 26.4. The van der Waals surface area contributed by atoms with Crippen molar-refractivity contribution in [3.63, 3.8) is 0 Å². The molecule has 76 valence electrons. The topological polar surface area (TPSA) is 24.9 Å². The Morgan fingerprint density at radius 1 is 1.50 bits per heavy atom. The van der Waals surface area contributed by atoms with Crippen LogP contribution in [0.25, 0.3) is 0 Å². The Balaban J connectivity index is 1.97. The van der Waals surface area contributed by atoms with Gasteiger partial charge >= 0.3 is 0 Å². The van der Waals surface area contributed by atoms with Crippen LogP contribution in [0.1, 0.15) is 19.3 Å². The molecule has 1 aliphatic carbocycles. The van der Waals surface area contributed by atoms with Crippen molar-refractivity contribution in [2.45, 2.75) is 31.5 Å². The van der Waals surface area contributed by atoms with Crippen LogP contribution in [-0.2, 0) is 0 Å². The molecule has 1 fully saturated rings. The number of nitrogens with zero attached hydrogens (tertiary/aromatic N) is 1. The monoisotopic (exact) mass is 214 g/mol. The summed E-state index contributed by atoms with van der Waals surface area (Å²) in [5.74, 6) is 0.733. The third kappa shape index (κ3) is 2.35. The second kappa shape index (κ2) is 4.13. The summed E-state index contributed by atoms with van der Waals surface area (Å²) in [5.41, 5.74) is 0. The van der Waals surface area contributed by atoms with E-state index in [0.717, 1.165) is 12.2 Å². The third-order valence-corrected chi connectivity index (χ3v) is 2.68. The molecule has 0 radical (unpaired) electrons. The Morgan fingerprint density at radius 3 is 3.00 bits per heavy atom. The van der Waals surface area contributed by atoms with Gasteiger partial charge in [-0.3, -0.25) is 0 Å². The molecule has 2 rings (SSSR count). The zero-order chi connectivity index (χ0) is 9.97. The van der Waals surface area contributed by atoms with Crippen LogP contribution in [-0.4, -0.2) is 17.2 Å². The van der Waals surface area contributed by atoms with Crippen molar-refractivity contribution in [1.29, 1.82) is 0 Å². The SMILES string of the molecule is FC1CCC(Nc2cc(Cl)ccn2)C1. The first-order valence-corrected chi connectivity index (χ1v) is 5.14. The number of alkyl halides is 1. The first kappa shape index (κ1) is 9.71. The van der Waals surface area contributed by atoms with Crippen LogP contribution in [0.4, 0.5) is 10.2 Å². The van der Waals surface area contributed by atoms with Gasteiger partial charge in [0, 0.05) is 17.3 Å².